The summed E-state index contributed by atoms with van der Waals surface area (Å²) in [6.45, 7) is 0. The molecule has 6 heteroatoms. The molecule has 1 aromatic heterocycles. The largest absolute Gasteiger partial charge is 0.497 e. The van der Waals surface area contributed by atoms with E-state index in [0.29, 0.717) is 11.3 Å². The molecule has 0 unspecified atom stereocenters. The van der Waals surface area contributed by atoms with Gasteiger partial charge < -0.3 is 14.4 Å². The van der Waals surface area contributed by atoms with Gasteiger partial charge >= 0.3 is 11.6 Å². The topological polar surface area (TPSA) is 81.7 Å². The van der Waals surface area contributed by atoms with E-state index in [4.69, 9.17) is 14.4 Å². The van der Waals surface area contributed by atoms with E-state index in [1.807, 2.05) is 0 Å². The molecule has 0 amide bonds. The van der Waals surface area contributed by atoms with Crippen LogP contribution >= 0.6 is 0 Å². The Kier molecular flexibility index (Phi) is 2.93. The molecule has 18 heavy (non-hydrogen) atoms. The number of benzene rings is 1. The molecule has 0 saturated heterocycles. The van der Waals surface area contributed by atoms with Gasteiger partial charge in [-0.25, -0.2) is 14.3 Å². The third-order valence-electron chi connectivity index (χ3n) is 2.56. The molecule has 0 bridgehead atoms. The minimum absolute atomic E-state index is 0.0349. The number of carboxylic acids is 1. The lowest BCUT2D eigenvalue weighted by atomic mass is 10.1. The molecule has 6 nitrogen and oxygen atoms in total. The van der Waals surface area contributed by atoms with Gasteiger partial charge in [0.25, 0.3) is 0 Å². The Labute approximate surface area is 102 Å². The van der Waals surface area contributed by atoms with Crippen LogP contribution in [0, 0.1) is 0 Å². The van der Waals surface area contributed by atoms with Crippen LogP contribution < -0.4 is 10.4 Å². The molecule has 0 spiro atoms. The molecule has 2 aromatic rings. The first-order valence-corrected chi connectivity index (χ1v) is 5.12. The third kappa shape index (κ3) is 1.88. The maximum Gasteiger partial charge on any atom is 0.366 e. The molecule has 0 aliphatic rings. The predicted octanol–water partition coefficient (Wildman–Crippen LogP) is 1.35. The molecule has 0 saturated carbocycles. The number of methoxy groups -OCH3 is 1. The molecule has 0 radical (unpaired) electrons. The molecule has 0 aliphatic heterocycles. The second kappa shape index (κ2) is 4.40. The van der Waals surface area contributed by atoms with Crippen molar-refractivity contribution in [1.29, 1.82) is 0 Å². The van der Waals surface area contributed by atoms with Crippen LogP contribution in [0.5, 0.6) is 5.75 Å². The molecule has 0 fully saturated rings. The zero-order chi connectivity index (χ0) is 13.3. The van der Waals surface area contributed by atoms with Gasteiger partial charge in [-0.2, -0.15) is 0 Å². The van der Waals surface area contributed by atoms with Gasteiger partial charge in [0.1, 0.15) is 11.3 Å². The monoisotopic (exact) mass is 249 g/mol. The van der Waals surface area contributed by atoms with E-state index in [2.05, 4.69) is 0 Å². The summed E-state index contributed by atoms with van der Waals surface area (Å²) in [5, 5.41) is 9.08. The standard InChI is InChI=1S/C12H11NO5/c1-13-10(11(14)15)9(12(16)18-13)7-3-5-8(17-2)6-4-7/h3-6H,1-2H3,(H,14,15). The number of carbonyl (C=O) groups is 1. The number of nitrogens with zero attached hydrogens (tertiary/aromatic N) is 1. The van der Waals surface area contributed by atoms with E-state index >= 15 is 0 Å². The van der Waals surface area contributed by atoms with E-state index in [-0.39, 0.29) is 11.3 Å². The number of aromatic carboxylic acids is 1. The van der Waals surface area contributed by atoms with Crippen molar-refractivity contribution in [3.05, 3.63) is 40.4 Å². The Bertz CT molecular complexity index is 635. The van der Waals surface area contributed by atoms with Gasteiger partial charge in [0.15, 0.2) is 5.69 Å². The number of carboxylic acid groups (broad SMARTS) is 1. The third-order valence-corrected chi connectivity index (χ3v) is 2.56. The first-order chi connectivity index (χ1) is 8.54. The van der Waals surface area contributed by atoms with Crippen LogP contribution in [0.2, 0.25) is 0 Å². The normalized spacial score (nSPS) is 10.3. The highest BCUT2D eigenvalue weighted by Crippen LogP contribution is 2.23. The zero-order valence-electron chi connectivity index (χ0n) is 9.84. The van der Waals surface area contributed by atoms with Crippen LogP contribution in [0.4, 0.5) is 0 Å². The minimum Gasteiger partial charge on any atom is -0.497 e. The summed E-state index contributed by atoms with van der Waals surface area (Å²) in [6, 6.07) is 6.51. The highest BCUT2D eigenvalue weighted by Gasteiger charge is 2.22. The zero-order valence-corrected chi connectivity index (χ0v) is 9.84. The first-order valence-electron chi connectivity index (χ1n) is 5.12. The highest BCUT2D eigenvalue weighted by atomic mass is 16.5. The van der Waals surface area contributed by atoms with Crippen LogP contribution in [0.25, 0.3) is 11.1 Å². The number of aromatic nitrogens is 1. The fraction of sp³-hybridized carbons (Fsp3) is 0.167. The molecular formula is C12H11NO5. The summed E-state index contributed by atoms with van der Waals surface area (Å²) in [5.41, 5.74) is -0.347. The lowest BCUT2D eigenvalue weighted by molar-refractivity contribution is 0.0673. The Morgan fingerprint density at radius 3 is 2.44 bits per heavy atom. The maximum atomic E-state index is 11.6. The molecular weight excluding hydrogens is 238 g/mol. The van der Waals surface area contributed by atoms with Crippen LogP contribution in [0.1, 0.15) is 10.5 Å². The summed E-state index contributed by atoms with van der Waals surface area (Å²) in [7, 11) is 2.90. The van der Waals surface area contributed by atoms with E-state index in [0.717, 1.165) is 4.74 Å². The van der Waals surface area contributed by atoms with Crippen molar-refractivity contribution < 1.29 is 19.2 Å². The second-order valence-electron chi connectivity index (χ2n) is 3.63. The van der Waals surface area contributed by atoms with Gasteiger partial charge in [-0.05, 0) is 17.7 Å². The second-order valence-corrected chi connectivity index (χ2v) is 3.63. The van der Waals surface area contributed by atoms with Crippen LogP contribution in [-0.4, -0.2) is 22.9 Å². The van der Waals surface area contributed by atoms with Crippen molar-refractivity contribution in [3.8, 4) is 16.9 Å². The number of aryl methyl sites for hydroxylation is 1. The number of hydrogen-bond acceptors (Lipinski definition) is 4. The molecule has 94 valence electrons. The average molecular weight is 249 g/mol. The Morgan fingerprint density at radius 2 is 1.94 bits per heavy atom. The number of hydrogen-bond donors (Lipinski definition) is 1. The minimum atomic E-state index is -1.21. The van der Waals surface area contributed by atoms with Gasteiger partial charge in [-0.1, -0.05) is 12.1 Å². The lowest BCUT2D eigenvalue weighted by Gasteiger charge is -2.02. The summed E-state index contributed by atoms with van der Waals surface area (Å²) in [6.07, 6.45) is 0. The average Bonchev–Trinajstić information content (AvgIpc) is 2.64. The van der Waals surface area contributed by atoms with Crippen molar-refractivity contribution in [2.75, 3.05) is 7.11 Å². The highest BCUT2D eigenvalue weighted by molar-refractivity contribution is 5.93. The molecule has 1 heterocycles. The molecule has 0 atom stereocenters. The summed E-state index contributed by atoms with van der Waals surface area (Å²) in [4.78, 5) is 22.7. The van der Waals surface area contributed by atoms with Crippen molar-refractivity contribution in [2.24, 2.45) is 7.05 Å². The van der Waals surface area contributed by atoms with E-state index in [1.165, 1.54) is 14.2 Å². The summed E-state index contributed by atoms with van der Waals surface area (Å²) in [5.74, 6) is -0.592. The quantitative estimate of drug-likeness (QED) is 0.887. The fourth-order valence-corrected chi connectivity index (χ4v) is 1.72. The Morgan fingerprint density at radius 1 is 1.33 bits per heavy atom. The summed E-state index contributed by atoms with van der Waals surface area (Å²) >= 11 is 0. The van der Waals surface area contributed by atoms with Crippen LogP contribution in [-0.2, 0) is 7.05 Å². The van der Waals surface area contributed by atoms with Gasteiger partial charge in [0.2, 0.25) is 0 Å². The number of rotatable bonds is 3. The predicted molar refractivity (Wildman–Crippen MR) is 62.9 cm³/mol. The van der Waals surface area contributed by atoms with Crippen molar-refractivity contribution in [3.63, 3.8) is 0 Å². The van der Waals surface area contributed by atoms with Crippen molar-refractivity contribution in [2.45, 2.75) is 0 Å². The molecule has 2 rings (SSSR count). The van der Waals surface area contributed by atoms with E-state index < -0.39 is 11.6 Å². The Balaban J connectivity index is 2.62. The SMILES string of the molecule is COc1ccc(-c2c(C(=O)O)n(C)oc2=O)cc1. The van der Waals surface area contributed by atoms with Gasteiger partial charge in [-0.15, -0.1) is 0 Å². The smallest absolute Gasteiger partial charge is 0.366 e. The summed E-state index contributed by atoms with van der Waals surface area (Å²) < 4.78 is 10.7. The fourth-order valence-electron chi connectivity index (χ4n) is 1.72. The molecule has 1 aromatic carbocycles. The molecule has 1 N–H and O–H groups in total. The van der Waals surface area contributed by atoms with Crippen molar-refractivity contribution in [1.82, 2.24) is 4.74 Å². The van der Waals surface area contributed by atoms with Crippen LogP contribution in [0.3, 0.4) is 0 Å². The van der Waals surface area contributed by atoms with E-state index in [9.17, 15) is 9.59 Å². The Hall–Kier alpha value is -2.50. The van der Waals surface area contributed by atoms with Gasteiger partial charge in [0, 0.05) is 7.05 Å². The van der Waals surface area contributed by atoms with Crippen molar-refractivity contribution >= 4 is 5.97 Å². The lowest BCUT2D eigenvalue weighted by Crippen LogP contribution is -2.06. The number of ether oxygens (including phenoxy) is 1. The maximum absolute atomic E-state index is 11.6. The first kappa shape index (κ1) is 12.0. The molecule has 0 aliphatic carbocycles. The van der Waals surface area contributed by atoms with E-state index in [1.54, 1.807) is 24.3 Å². The van der Waals surface area contributed by atoms with Crippen LogP contribution in [0.15, 0.2) is 33.6 Å². The van der Waals surface area contributed by atoms with Gasteiger partial charge in [-0.3, -0.25) is 0 Å². The van der Waals surface area contributed by atoms with Gasteiger partial charge in [0.05, 0.1) is 7.11 Å².